The van der Waals surface area contributed by atoms with Crippen molar-refractivity contribution < 1.29 is 27.5 Å². The van der Waals surface area contributed by atoms with Crippen LogP contribution in [0.1, 0.15) is 34.9 Å². The number of hydrogen-bond donors (Lipinski definition) is 2. The van der Waals surface area contributed by atoms with Crippen LogP contribution in [-0.4, -0.2) is 39.1 Å². The van der Waals surface area contributed by atoms with Gasteiger partial charge in [-0.15, -0.1) is 21.5 Å². The SMILES string of the molecule is CCOC(=O)c1cc(CC)sc1NC(=O)CSc1nnc(C(F)(F)F)n1N. The molecule has 2 rings (SSSR count). The monoisotopic (exact) mass is 423 g/mol. The topological polar surface area (TPSA) is 112 Å². The zero-order valence-corrected chi connectivity index (χ0v) is 15.9. The Morgan fingerprint density at radius 1 is 1.37 bits per heavy atom. The summed E-state index contributed by atoms with van der Waals surface area (Å²) in [4.78, 5) is 25.0. The highest BCUT2D eigenvalue weighted by Gasteiger charge is 2.38. The Labute approximate surface area is 160 Å². The molecule has 13 heteroatoms. The second kappa shape index (κ2) is 8.61. The highest BCUT2D eigenvalue weighted by molar-refractivity contribution is 7.99. The minimum atomic E-state index is -4.75. The van der Waals surface area contributed by atoms with Gasteiger partial charge in [0.2, 0.25) is 11.1 Å². The molecule has 2 heterocycles. The average Bonchev–Trinajstić information content (AvgIpc) is 3.16. The van der Waals surface area contributed by atoms with Gasteiger partial charge in [0.15, 0.2) is 0 Å². The van der Waals surface area contributed by atoms with E-state index >= 15 is 0 Å². The van der Waals surface area contributed by atoms with Crippen LogP contribution in [0.15, 0.2) is 11.2 Å². The molecule has 0 aliphatic heterocycles. The molecule has 0 bridgehead atoms. The maximum absolute atomic E-state index is 12.6. The number of thioether (sulfide) groups is 1. The number of hydrogen-bond acceptors (Lipinski definition) is 8. The Morgan fingerprint density at radius 3 is 2.63 bits per heavy atom. The molecule has 0 aromatic carbocycles. The largest absolute Gasteiger partial charge is 0.462 e. The maximum atomic E-state index is 12.6. The summed E-state index contributed by atoms with van der Waals surface area (Å²) < 4.78 is 43.1. The lowest BCUT2D eigenvalue weighted by Crippen LogP contribution is -2.22. The van der Waals surface area contributed by atoms with E-state index in [0.717, 1.165) is 4.88 Å². The first-order chi connectivity index (χ1) is 12.7. The van der Waals surface area contributed by atoms with Gasteiger partial charge in [-0.2, -0.15) is 13.2 Å². The second-order valence-corrected chi connectivity index (χ2v) is 7.12. The molecule has 0 atom stereocenters. The first-order valence-electron chi connectivity index (χ1n) is 7.67. The fourth-order valence-corrected chi connectivity index (χ4v) is 3.59. The second-order valence-electron chi connectivity index (χ2n) is 5.04. The molecule has 0 spiro atoms. The predicted molar refractivity (Wildman–Crippen MR) is 94.2 cm³/mol. The fraction of sp³-hybridized carbons (Fsp3) is 0.429. The number of esters is 1. The third-order valence-corrected chi connectivity index (χ3v) is 5.27. The number of nitrogens with one attached hydrogen (secondary N) is 1. The van der Waals surface area contributed by atoms with E-state index < -0.39 is 23.9 Å². The summed E-state index contributed by atoms with van der Waals surface area (Å²) in [5.74, 6) is 2.58. The Morgan fingerprint density at radius 2 is 2.07 bits per heavy atom. The lowest BCUT2D eigenvalue weighted by Gasteiger charge is -2.07. The number of halogens is 3. The number of nitrogen functional groups attached to an aromatic ring is 1. The third-order valence-electron chi connectivity index (χ3n) is 3.13. The Bertz CT molecular complexity index is 835. The summed E-state index contributed by atoms with van der Waals surface area (Å²) in [6.07, 6.45) is -4.08. The van der Waals surface area contributed by atoms with Crippen LogP contribution in [0.2, 0.25) is 0 Å². The number of rotatable bonds is 7. The molecular weight excluding hydrogens is 407 g/mol. The lowest BCUT2D eigenvalue weighted by atomic mass is 10.2. The van der Waals surface area contributed by atoms with E-state index in [1.807, 2.05) is 6.92 Å². The number of thiophene rings is 1. The summed E-state index contributed by atoms with van der Waals surface area (Å²) in [7, 11) is 0. The molecule has 0 radical (unpaired) electrons. The van der Waals surface area contributed by atoms with Crippen molar-refractivity contribution in [3.63, 3.8) is 0 Å². The van der Waals surface area contributed by atoms with Crippen LogP contribution in [0.25, 0.3) is 0 Å². The molecule has 0 aliphatic carbocycles. The van der Waals surface area contributed by atoms with Crippen LogP contribution in [0.5, 0.6) is 0 Å². The van der Waals surface area contributed by atoms with Crippen molar-refractivity contribution in [3.05, 3.63) is 22.3 Å². The minimum absolute atomic E-state index is 0.188. The number of carbonyl (C=O) groups excluding carboxylic acids is 2. The molecule has 2 aromatic rings. The quantitative estimate of drug-likeness (QED) is 0.400. The molecule has 1 amide bonds. The zero-order chi connectivity index (χ0) is 20.2. The van der Waals surface area contributed by atoms with Crippen LogP contribution in [0.4, 0.5) is 18.2 Å². The number of aromatic nitrogens is 3. The van der Waals surface area contributed by atoms with Gasteiger partial charge in [-0.05, 0) is 19.4 Å². The Kier molecular flexibility index (Phi) is 6.70. The summed E-state index contributed by atoms with van der Waals surface area (Å²) in [6, 6.07) is 1.64. The standard InChI is InChI=1S/C14H16F3N5O3S2/c1-3-7-5-8(11(24)25-4-2)10(27-7)19-9(23)6-26-13-21-20-12(22(13)18)14(15,16)17/h5H,3-4,6,18H2,1-2H3,(H,19,23). The van der Waals surface area contributed by atoms with E-state index in [1.165, 1.54) is 11.3 Å². The molecule has 0 aliphatic rings. The molecule has 0 fully saturated rings. The van der Waals surface area contributed by atoms with Crippen molar-refractivity contribution >= 4 is 40.0 Å². The minimum Gasteiger partial charge on any atom is -0.462 e. The number of nitrogens with two attached hydrogens (primary N) is 1. The molecule has 0 saturated heterocycles. The molecule has 27 heavy (non-hydrogen) atoms. The highest BCUT2D eigenvalue weighted by Crippen LogP contribution is 2.31. The summed E-state index contributed by atoms with van der Waals surface area (Å²) in [5, 5.41) is 8.93. The van der Waals surface area contributed by atoms with Crippen molar-refractivity contribution in [1.82, 2.24) is 14.9 Å². The van der Waals surface area contributed by atoms with Crippen LogP contribution in [0.3, 0.4) is 0 Å². The number of anilines is 1. The van der Waals surface area contributed by atoms with Crippen molar-refractivity contribution in [2.24, 2.45) is 0 Å². The maximum Gasteiger partial charge on any atom is 0.453 e. The first kappa shape index (κ1) is 21.0. The molecule has 148 valence electrons. The number of ether oxygens (including phenoxy) is 1. The van der Waals surface area contributed by atoms with Crippen LogP contribution in [0, 0.1) is 0 Å². The number of amides is 1. The van der Waals surface area contributed by atoms with Crippen LogP contribution in [-0.2, 0) is 22.1 Å². The van der Waals surface area contributed by atoms with Crippen molar-refractivity contribution in [2.45, 2.75) is 31.6 Å². The van der Waals surface area contributed by atoms with Gasteiger partial charge in [0, 0.05) is 4.88 Å². The van der Waals surface area contributed by atoms with E-state index in [2.05, 4.69) is 15.5 Å². The van der Waals surface area contributed by atoms with Crippen molar-refractivity contribution in [3.8, 4) is 0 Å². The molecule has 2 aromatic heterocycles. The average molecular weight is 423 g/mol. The van der Waals surface area contributed by atoms with Crippen molar-refractivity contribution in [1.29, 1.82) is 0 Å². The van der Waals surface area contributed by atoms with Gasteiger partial charge in [-0.1, -0.05) is 18.7 Å². The number of aryl methyl sites for hydroxylation is 1. The van der Waals surface area contributed by atoms with Gasteiger partial charge in [-0.25, -0.2) is 9.47 Å². The number of nitrogens with zero attached hydrogens (tertiary/aromatic N) is 3. The highest BCUT2D eigenvalue weighted by atomic mass is 32.2. The normalized spacial score (nSPS) is 11.4. The molecular formula is C14H16F3N5O3S2. The third kappa shape index (κ3) is 5.13. The number of alkyl halides is 3. The van der Waals surface area contributed by atoms with Crippen molar-refractivity contribution in [2.75, 3.05) is 23.5 Å². The lowest BCUT2D eigenvalue weighted by molar-refractivity contribution is -0.146. The van der Waals surface area contributed by atoms with E-state index in [9.17, 15) is 22.8 Å². The summed E-state index contributed by atoms with van der Waals surface area (Å²) >= 11 is 1.91. The predicted octanol–water partition coefficient (Wildman–Crippen LogP) is 2.54. The van der Waals surface area contributed by atoms with Gasteiger partial charge in [0.25, 0.3) is 5.82 Å². The molecule has 0 saturated carbocycles. The summed E-state index contributed by atoms with van der Waals surface area (Å²) in [6.45, 7) is 3.75. The van der Waals surface area contributed by atoms with Gasteiger partial charge < -0.3 is 15.9 Å². The van der Waals surface area contributed by atoms with Gasteiger partial charge in [-0.3, -0.25) is 4.79 Å². The van der Waals surface area contributed by atoms with Gasteiger partial charge in [0.1, 0.15) is 5.00 Å². The fourth-order valence-electron chi connectivity index (χ4n) is 1.93. The summed E-state index contributed by atoms with van der Waals surface area (Å²) in [5.41, 5.74) is 0.235. The van der Waals surface area contributed by atoms with E-state index in [4.69, 9.17) is 10.6 Å². The Hall–Kier alpha value is -2.28. The molecule has 3 N–H and O–H groups in total. The van der Waals surface area contributed by atoms with E-state index in [-0.39, 0.29) is 27.8 Å². The van der Waals surface area contributed by atoms with E-state index in [0.29, 0.717) is 23.2 Å². The van der Waals surface area contributed by atoms with E-state index in [1.54, 1.807) is 13.0 Å². The molecule has 8 nitrogen and oxygen atoms in total. The zero-order valence-electron chi connectivity index (χ0n) is 14.3. The molecule has 0 unspecified atom stereocenters. The first-order valence-corrected chi connectivity index (χ1v) is 9.47. The van der Waals surface area contributed by atoms with Gasteiger partial charge in [0.05, 0.1) is 17.9 Å². The smallest absolute Gasteiger partial charge is 0.453 e. The number of carbonyl (C=O) groups is 2. The Balaban J connectivity index is 2.05. The van der Waals surface area contributed by atoms with Gasteiger partial charge >= 0.3 is 12.1 Å². The van der Waals surface area contributed by atoms with Crippen LogP contribution >= 0.6 is 23.1 Å². The van der Waals surface area contributed by atoms with Crippen LogP contribution < -0.4 is 11.2 Å².